The van der Waals surface area contributed by atoms with Crippen LogP contribution in [-0.4, -0.2) is 26.7 Å². The Balaban J connectivity index is 1.60. The highest BCUT2D eigenvalue weighted by molar-refractivity contribution is 9.10. The van der Waals surface area contributed by atoms with Crippen LogP contribution in [0.4, 0.5) is 5.82 Å². The Morgan fingerprint density at radius 3 is 3.14 bits per heavy atom. The first-order valence-corrected chi connectivity index (χ1v) is 7.06. The van der Waals surface area contributed by atoms with E-state index < -0.39 is 0 Å². The van der Waals surface area contributed by atoms with Gasteiger partial charge in [0.25, 0.3) is 0 Å². The molecule has 7 nitrogen and oxygen atoms in total. The smallest absolute Gasteiger partial charge is 0.231 e. The Labute approximate surface area is 127 Å². The normalized spacial score (nSPS) is 12.8. The molecule has 106 valence electrons. The zero-order valence-corrected chi connectivity index (χ0v) is 12.3. The van der Waals surface area contributed by atoms with Crippen molar-refractivity contribution in [2.45, 2.75) is 6.54 Å². The standard InChI is InChI=1S/C13H10BrN5O2/c14-8-1-7(2-9-11(8)21-6-20-9)3-15-12-10-13(17-4-16-10)19-5-18-12/h1-2,4-5H,3,6H2,(H2,15,16,17,18,19). The highest BCUT2D eigenvalue weighted by Gasteiger charge is 2.18. The summed E-state index contributed by atoms with van der Waals surface area (Å²) in [6.45, 7) is 0.853. The molecule has 1 aliphatic heterocycles. The molecule has 0 saturated heterocycles. The van der Waals surface area contributed by atoms with Gasteiger partial charge >= 0.3 is 0 Å². The molecular formula is C13H10BrN5O2. The summed E-state index contributed by atoms with van der Waals surface area (Å²) in [7, 11) is 0. The SMILES string of the molecule is Brc1cc(CNc2ncnc3nc[nH]c23)cc2c1OCO2. The summed E-state index contributed by atoms with van der Waals surface area (Å²) < 4.78 is 11.7. The number of hydrogen-bond donors (Lipinski definition) is 2. The number of nitrogens with one attached hydrogen (secondary N) is 2. The van der Waals surface area contributed by atoms with E-state index in [0.29, 0.717) is 18.0 Å². The van der Waals surface area contributed by atoms with E-state index in [2.05, 4.69) is 41.2 Å². The monoisotopic (exact) mass is 347 g/mol. The quantitative estimate of drug-likeness (QED) is 0.756. The van der Waals surface area contributed by atoms with Crippen LogP contribution in [-0.2, 0) is 6.54 Å². The second kappa shape index (κ2) is 4.88. The molecule has 3 aromatic rings. The number of H-pyrrole nitrogens is 1. The van der Waals surface area contributed by atoms with E-state index in [0.717, 1.165) is 27.1 Å². The van der Waals surface area contributed by atoms with Crippen LogP contribution < -0.4 is 14.8 Å². The molecule has 0 fully saturated rings. The number of anilines is 1. The van der Waals surface area contributed by atoms with E-state index >= 15 is 0 Å². The van der Waals surface area contributed by atoms with Gasteiger partial charge in [-0.25, -0.2) is 15.0 Å². The molecule has 0 spiro atoms. The largest absolute Gasteiger partial charge is 0.454 e. The third kappa shape index (κ3) is 2.17. The molecule has 2 aromatic heterocycles. The molecule has 0 saturated carbocycles. The summed E-state index contributed by atoms with van der Waals surface area (Å²) in [5.41, 5.74) is 2.48. The van der Waals surface area contributed by atoms with E-state index in [-0.39, 0.29) is 6.79 Å². The Kier molecular flexibility index (Phi) is 2.88. The number of hydrogen-bond acceptors (Lipinski definition) is 6. The predicted octanol–water partition coefficient (Wildman–Crippen LogP) is 2.46. The van der Waals surface area contributed by atoms with Crippen molar-refractivity contribution in [3.05, 3.63) is 34.8 Å². The molecule has 0 bridgehead atoms. The van der Waals surface area contributed by atoms with Crippen molar-refractivity contribution < 1.29 is 9.47 Å². The van der Waals surface area contributed by atoms with Crippen LogP contribution in [0.5, 0.6) is 11.5 Å². The number of imidazole rings is 1. The van der Waals surface area contributed by atoms with Crippen molar-refractivity contribution in [2.24, 2.45) is 0 Å². The minimum Gasteiger partial charge on any atom is -0.454 e. The Bertz CT molecular complexity index is 819. The molecule has 21 heavy (non-hydrogen) atoms. The van der Waals surface area contributed by atoms with Gasteiger partial charge in [0, 0.05) is 6.54 Å². The van der Waals surface area contributed by atoms with E-state index in [1.54, 1.807) is 6.33 Å². The van der Waals surface area contributed by atoms with Crippen LogP contribution in [0.15, 0.2) is 29.3 Å². The second-order valence-corrected chi connectivity index (χ2v) is 5.34. The lowest BCUT2D eigenvalue weighted by Crippen LogP contribution is -2.02. The van der Waals surface area contributed by atoms with Crippen molar-refractivity contribution in [1.29, 1.82) is 0 Å². The van der Waals surface area contributed by atoms with Gasteiger partial charge in [-0.2, -0.15) is 0 Å². The number of aromatic amines is 1. The lowest BCUT2D eigenvalue weighted by molar-refractivity contribution is 0.173. The zero-order chi connectivity index (χ0) is 14.2. The van der Waals surface area contributed by atoms with Gasteiger partial charge in [-0.05, 0) is 33.6 Å². The van der Waals surface area contributed by atoms with Crippen molar-refractivity contribution in [2.75, 3.05) is 12.1 Å². The van der Waals surface area contributed by atoms with E-state index in [9.17, 15) is 0 Å². The van der Waals surface area contributed by atoms with Gasteiger partial charge in [0.05, 0.1) is 10.8 Å². The van der Waals surface area contributed by atoms with Crippen LogP contribution in [0.25, 0.3) is 11.2 Å². The molecule has 0 atom stereocenters. The molecule has 0 amide bonds. The number of fused-ring (bicyclic) bond motifs is 2. The third-order valence-corrected chi connectivity index (χ3v) is 3.76. The highest BCUT2D eigenvalue weighted by atomic mass is 79.9. The summed E-state index contributed by atoms with van der Waals surface area (Å²) in [5, 5.41) is 3.27. The summed E-state index contributed by atoms with van der Waals surface area (Å²) in [6.07, 6.45) is 3.09. The molecule has 0 aliphatic carbocycles. The number of benzene rings is 1. The first-order chi connectivity index (χ1) is 10.3. The minimum absolute atomic E-state index is 0.255. The molecule has 0 radical (unpaired) electrons. The fourth-order valence-electron chi connectivity index (χ4n) is 2.21. The molecule has 0 unspecified atom stereocenters. The summed E-state index contributed by atoms with van der Waals surface area (Å²) in [5.74, 6) is 2.21. The first-order valence-electron chi connectivity index (χ1n) is 6.27. The van der Waals surface area contributed by atoms with Gasteiger partial charge in [-0.15, -0.1) is 0 Å². The lowest BCUT2D eigenvalue weighted by Gasteiger charge is -2.08. The lowest BCUT2D eigenvalue weighted by atomic mass is 10.2. The number of ether oxygens (including phenoxy) is 2. The zero-order valence-electron chi connectivity index (χ0n) is 10.8. The average Bonchev–Trinajstić information content (AvgIpc) is 3.13. The van der Waals surface area contributed by atoms with Crippen molar-refractivity contribution in [3.63, 3.8) is 0 Å². The van der Waals surface area contributed by atoms with Gasteiger partial charge in [-0.3, -0.25) is 0 Å². The van der Waals surface area contributed by atoms with E-state index in [1.807, 2.05) is 12.1 Å². The van der Waals surface area contributed by atoms with Gasteiger partial charge in [0.15, 0.2) is 23.0 Å². The predicted molar refractivity (Wildman–Crippen MR) is 79.3 cm³/mol. The average molecular weight is 348 g/mol. The van der Waals surface area contributed by atoms with E-state index in [1.165, 1.54) is 6.33 Å². The molecular weight excluding hydrogens is 338 g/mol. The highest BCUT2D eigenvalue weighted by Crippen LogP contribution is 2.40. The number of rotatable bonds is 3. The van der Waals surface area contributed by atoms with Crippen molar-refractivity contribution >= 4 is 32.9 Å². The van der Waals surface area contributed by atoms with Crippen molar-refractivity contribution in [3.8, 4) is 11.5 Å². The maximum absolute atomic E-state index is 5.41. The van der Waals surface area contributed by atoms with Gasteiger partial charge in [0.1, 0.15) is 11.8 Å². The molecule has 2 N–H and O–H groups in total. The topological polar surface area (TPSA) is 85.0 Å². The van der Waals surface area contributed by atoms with Gasteiger partial charge < -0.3 is 19.8 Å². The summed E-state index contributed by atoms with van der Waals surface area (Å²) >= 11 is 3.48. The number of aromatic nitrogens is 4. The minimum atomic E-state index is 0.255. The van der Waals surface area contributed by atoms with Gasteiger partial charge in [-0.1, -0.05) is 0 Å². The fraction of sp³-hybridized carbons (Fsp3) is 0.154. The molecule has 1 aliphatic rings. The molecule has 8 heteroatoms. The summed E-state index contributed by atoms with van der Waals surface area (Å²) in [4.78, 5) is 15.4. The molecule has 1 aromatic carbocycles. The van der Waals surface area contributed by atoms with Crippen LogP contribution in [0, 0.1) is 0 Å². The molecule has 4 rings (SSSR count). The maximum Gasteiger partial charge on any atom is 0.231 e. The Hall–Kier alpha value is -2.35. The van der Waals surface area contributed by atoms with Gasteiger partial charge in [0.2, 0.25) is 6.79 Å². The first kappa shape index (κ1) is 12.4. The molecule has 3 heterocycles. The second-order valence-electron chi connectivity index (χ2n) is 4.49. The van der Waals surface area contributed by atoms with Crippen LogP contribution in [0.3, 0.4) is 0 Å². The number of halogens is 1. The summed E-state index contributed by atoms with van der Waals surface area (Å²) in [6, 6.07) is 3.94. The van der Waals surface area contributed by atoms with Crippen LogP contribution in [0.1, 0.15) is 5.56 Å². The van der Waals surface area contributed by atoms with E-state index in [4.69, 9.17) is 9.47 Å². The van der Waals surface area contributed by atoms with Crippen LogP contribution in [0.2, 0.25) is 0 Å². The van der Waals surface area contributed by atoms with Crippen LogP contribution >= 0.6 is 15.9 Å². The Morgan fingerprint density at radius 1 is 1.24 bits per heavy atom. The fourth-order valence-corrected chi connectivity index (χ4v) is 2.81. The maximum atomic E-state index is 5.41. The Morgan fingerprint density at radius 2 is 2.19 bits per heavy atom. The van der Waals surface area contributed by atoms with Crippen molar-refractivity contribution in [1.82, 2.24) is 19.9 Å². The number of nitrogens with zero attached hydrogens (tertiary/aromatic N) is 3. The third-order valence-electron chi connectivity index (χ3n) is 3.17.